The number of hydrogen-bond donors (Lipinski definition) is 1. The standard InChI is InChI=1S/C12H19N5/c1-10-2-3-12(15-14-10)17-6-4-16(5-7-17)11-8-13-9-11/h2-3,11,13H,4-9H2,1H3. The fraction of sp³-hybridized carbons (Fsp3) is 0.667. The van der Waals surface area contributed by atoms with Gasteiger partial charge in [-0.1, -0.05) is 0 Å². The maximum Gasteiger partial charge on any atom is 0.151 e. The van der Waals surface area contributed by atoms with Crippen molar-refractivity contribution < 1.29 is 0 Å². The van der Waals surface area contributed by atoms with Gasteiger partial charge in [0.2, 0.25) is 0 Å². The Morgan fingerprint density at radius 1 is 1.12 bits per heavy atom. The molecule has 1 aromatic rings. The third-order valence-electron chi connectivity index (χ3n) is 3.70. The summed E-state index contributed by atoms with van der Waals surface area (Å²) in [5.41, 5.74) is 0.980. The van der Waals surface area contributed by atoms with Crippen LogP contribution in [0, 0.1) is 6.92 Å². The van der Waals surface area contributed by atoms with Crippen molar-refractivity contribution in [2.75, 3.05) is 44.2 Å². The van der Waals surface area contributed by atoms with E-state index in [-0.39, 0.29) is 0 Å². The zero-order valence-electron chi connectivity index (χ0n) is 10.3. The van der Waals surface area contributed by atoms with E-state index in [9.17, 15) is 0 Å². The molecular formula is C12H19N5. The maximum absolute atomic E-state index is 4.25. The first kappa shape index (κ1) is 10.9. The predicted octanol–water partition coefficient (Wildman–Crippen LogP) is -0.121. The van der Waals surface area contributed by atoms with Crippen molar-refractivity contribution in [1.82, 2.24) is 20.4 Å². The van der Waals surface area contributed by atoms with Crippen LogP contribution in [0.1, 0.15) is 5.69 Å². The Morgan fingerprint density at radius 3 is 2.41 bits per heavy atom. The monoisotopic (exact) mass is 233 g/mol. The molecule has 0 amide bonds. The minimum atomic E-state index is 0.765. The van der Waals surface area contributed by atoms with Crippen LogP contribution in [-0.2, 0) is 0 Å². The molecule has 0 spiro atoms. The quantitative estimate of drug-likeness (QED) is 0.771. The molecule has 2 aliphatic heterocycles. The number of rotatable bonds is 2. The smallest absolute Gasteiger partial charge is 0.151 e. The summed E-state index contributed by atoms with van der Waals surface area (Å²) in [5, 5.41) is 11.7. The molecular weight excluding hydrogens is 214 g/mol. The van der Waals surface area contributed by atoms with E-state index in [1.54, 1.807) is 0 Å². The number of aromatic nitrogens is 2. The Hall–Kier alpha value is -1.20. The minimum Gasteiger partial charge on any atom is -0.353 e. The largest absolute Gasteiger partial charge is 0.353 e. The Balaban J connectivity index is 1.58. The fourth-order valence-electron chi connectivity index (χ4n) is 2.41. The van der Waals surface area contributed by atoms with Crippen LogP contribution >= 0.6 is 0 Å². The lowest BCUT2D eigenvalue weighted by Gasteiger charge is -2.43. The molecule has 0 unspecified atom stereocenters. The van der Waals surface area contributed by atoms with Gasteiger partial charge in [-0.2, -0.15) is 5.10 Å². The summed E-state index contributed by atoms with van der Waals surface area (Å²) in [6, 6.07) is 4.87. The topological polar surface area (TPSA) is 44.3 Å². The van der Waals surface area contributed by atoms with E-state index in [0.717, 1.165) is 56.8 Å². The van der Waals surface area contributed by atoms with Crippen molar-refractivity contribution in [2.24, 2.45) is 0 Å². The zero-order chi connectivity index (χ0) is 11.7. The van der Waals surface area contributed by atoms with E-state index < -0.39 is 0 Å². The van der Waals surface area contributed by atoms with Gasteiger partial charge < -0.3 is 10.2 Å². The molecule has 1 aromatic heterocycles. The molecule has 0 saturated carbocycles. The number of piperazine rings is 1. The van der Waals surface area contributed by atoms with E-state index in [1.807, 2.05) is 13.0 Å². The second kappa shape index (κ2) is 4.58. The Labute approximate surface area is 102 Å². The molecule has 5 heteroatoms. The van der Waals surface area contributed by atoms with Crippen molar-refractivity contribution >= 4 is 5.82 Å². The summed E-state index contributed by atoms with van der Waals surface area (Å²) in [6.45, 7) is 8.69. The molecule has 3 rings (SSSR count). The normalized spacial score (nSPS) is 22.5. The molecule has 5 nitrogen and oxygen atoms in total. The lowest BCUT2D eigenvalue weighted by atomic mass is 10.1. The maximum atomic E-state index is 4.25. The summed E-state index contributed by atoms with van der Waals surface area (Å²) < 4.78 is 0. The summed E-state index contributed by atoms with van der Waals surface area (Å²) in [7, 11) is 0. The average molecular weight is 233 g/mol. The second-order valence-electron chi connectivity index (χ2n) is 4.87. The highest BCUT2D eigenvalue weighted by Gasteiger charge is 2.27. The van der Waals surface area contributed by atoms with Gasteiger partial charge in [0.1, 0.15) is 0 Å². The summed E-state index contributed by atoms with van der Waals surface area (Å²) >= 11 is 0. The highest BCUT2D eigenvalue weighted by Crippen LogP contribution is 2.15. The van der Waals surface area contributed by atoms with Crippen molar-refractivity contribution in [3.05, 3.63) is 17.8 Å². The third-order valence-corrected chi connectivity index (χ3v) is 3.70. The molecule has 0 aromatic carbocycles. The number of nitrogens with zero attached hydrogens (tertiary/aromatic N) is 4. The highest BCUT2D eigenvalue weighted by atomic mass is 15.3. The molecule has 0 atom stereocenters. The van der Waals surface area contributed by atoms with Gasteiger partial charge in [-0.3, -0.25) is 4.90 Å². The van der Waals surface area contributed by atoms with Crippen LogP contribution in [0.15, 0.2) is 12.1 Å². The first-order chi connectivity index (χ1) is 8.33. The molecule has 0 radical (unpaired) electrons. The number of anilines is 1. The van der Waals surface area contributed by atoms with E-state index >= 15 is 0 Å². The fourth-order valence-corrected chi connectivity index (χ4v) is 2.41. The van der Waals surface area contributed by atoms with Gasteiger partial charge in [-0.25, -0.2) is 0 Å². The molecule has 2 fully saturated rings. The van der Waals surface area contributed by atoms with Crippen molar-refractivity contribution in [1.29, 1.82) is 0 Å². The number of nitrogens with one attached hydrogen (secondary N) is 1. The van der Waals surface area contributed by atoms with Gasteiger partial charge in [0, 0.05) is 45.3 Å². The molecule has 92 valence electrons. The Kier molecular flexibility index (Phi) is 2.94. The second-order valence-corrected chi connectivity index (χ2v) is 4.87. The first-order valence-corrected chi connectivity index (χ1v) is 6.33. The van der Waals surface area contributed by atoms with Crippen LogP contribution in [0.5, 0.6) is 0 Å². The molecule has 0 aliphatic carbocycles. The van der Waals surface area contributed by atoms with Crippen LogP contribution in [-0.4, -0.2) is 60.4 Å². The van der Waals surface area contributed by atoms with Gasteiger partial charge in [-0.15, -0.1) is 5.10 Å². The van der Waals surface area contributed by atoms with E-state index in [4.69, 9.17) is 0 Å². The summed E-state index contributed by atoms with van der Waals surface area (Å²) in [6.07, 6.45) is 0. The Morgan fingerprint density at radius 2 is 1.88 bits per heavy atom. The van der Waals surface area contributed by atoms with Gasteiger partial charge >= 0.3 is 0 Å². The van der Waals surface area contributed by atoms with Gasteiger partial charge in [-0.05, 0) is 19.1 Å². The summed E-state index contributed by atoms with van der Waals surface area (Å²) in [5.74, 6) is 1.02. The Bertz CT molecular complexity index is 365. The first-order valence-electron chi connectivity index (χ1n) is 6.33. The lowest BCUT2D eigenvalue weighted by Crippen LogP contribution is -2.61. The molecule has 17 heavy (non-hydrogen) atoms. The van der Waals surface area contributed by atoms with Crippen LogP contribution in [0.25, 0.3) is 0 Å². The highest BCUT2D eigenvalue weighted by molar-refractivity contribution is 5.37. The third kappa shape index (κ3) is 2.25. The van der Waals surface area contributed by atoms with Crippen LogP contribution in [0.2, 0.25) is 0 Å². The van der Waals surface area contributed by atoms with Crippen molar-refractivity contribution in [3.8, 4) is 0 Å². The lowest BCUT2D eigenvalue weighted by molar-refractivity contribution is 0.137. The average Bonchev–Trinajstić information content (AvgIpc) is 2.29. The van der Waals surface area contributed by atoms with E-state index in [2.05, 4.69) is 31.4 Å². The molecule has 2 aliphatic rings. The van der Waals surface area contributed by atoms with Crippen LogP contribution < -0.4 is 10.2 Å². The van der Waals surface area contributed by atoms with Gasteiger partial charge in [0.25, 0.3) is 0 Å². The van der Waals surface area contributed by atoms with Crippen LogP contribution in [0.4, 0.5) is 5.82 Å². The van der Waals surface area contributed by atoms with E-state index in [1.165, 1.54) is 0 Å². The predicted molar refractivity (Wildman–Crippen MR) is 67.2 cm³/mol. The molecule has 0 bridgehead atoms. The van der Waals surface area contributed by atoms with Gasteiger partial charge in [0.05, 0.1) is 5.69 Å². The molecule has 3 heterocycles. The minimum absolute atomic E-state index is 0.765. The molecule has 2 saturated heterocycles. The van der Waals surface area contributed by atoms with Crippen molar-refractivity contribution in [3.63, 3.8) is 0 Å². The number of aryl methyl sites for hydroxylation is 1. The summed E-state index contributed by atoms with van der Waals surface area (Å²) in [4.78, 5) is 4.91. The zero-order valence-corrected chi connectivity index (χ0v) is 10.3. The van der Waals surface area contributed by atoms with Crippen molar-refractivity contribution in [2.45, 2.75) is 13.0 Å². The SMILES string of the molecule is Cc1ccc(N2CCN(C3CNC3)CC2)nn1. The molecule has 1 N–H and O–H groups in total. The van der Waals surface area contributed by atoms with Crippen LogP contribution in [0.3, 0.4) is 0 Å². The van der Waals surface area contributed by atoms with E-state index in [0.29, 0.717) is 0 Å². The number of hydrogen-bond acceptors (Lipinski definition) is 5. The van der Waals surface area contributed by atoms with Gasteiger partial charge in [0.15, 0.2) is 5.82 Å².